The summed E-state index contributed by atoms with van der Waals surface area (Å²) in [4.78, 5) is 42.3. The Labute approximate surface area is 89.8 Å². The number of hydrogen-bond acceptors (Lipinski definition) is 8. The Morgan fingerprint density at radius 2 is 1.06 bits per heavy atom. The van der Waals surface area contributed by atoms with Gasteiger partial charge in [-0.25, -0.2) is 9.59 Å². The lowest BCUT2D eigenvalue weighted by Crippen LogP contribution is -2.42. The Morgan fingerprint density at radius 1 is 0.812 bits per heavy atom. The molecule has 0 saturated heterocycles. The molecule has 0 heterocycles. The molecule has 2 unspecified atom stereocenters. The van der Waals surface area contributed by atoms with Crippen LogP contribution < -0.4 is 0 Å². The molecule has 0 aliphatic rings. The van der Waals surface area contributed by atoms with E-state index in [0.717, 1.165) is 13.8 Å². The first-order valence-corrected chi connectivity index (χ1v) is 4.06. The smallest absolute Gasteiger partial charge is 0.345 e. The molecule has 0 bridgehead atoms. The molecule has 0 saturated carbocycles. The number of carbonyl (C=O) groups is 4. The highest BCUT2D eigenvalue weighted by atomic mass is 16.6. The second kappa shape index (κ2) is 5.93. The molecular formula is C8H10O8. The Morgan fingerprint density at radius 3 is 1.25 bits per heavy atom. The van der Waals surface area contributed by atoms with E-state index in [9.17, 15) is 19.2 Å². The third-order valence-corrected chi connectivity index (χ3v) is 1.27. The summed E-state index contributed by atoms with van der Waals surface area (Å²) in [6.45, 7) is 1.79. The van der Waals surface area contributed by atoms with E-state index in [1.165, 1.54) is 0 Å². The maximum Gasteiger partial charge on any atom is 0.345 e. The van der Waals surface area contributed by atoms with E-state index in [-0.39, 0.29) is 0 Å². The summed E-state index contributed by atoms with van der Waals surface area (Å²) in [5, 5.41) is 18.1. The highest BCUT2D eigenvalue weighted by molar-refractivity contribution is 5.93. The van der Waals surface area contributed by atoms with Crippen molar-refractivity contribution in [3.63, 3.8) is 0 Å². The second-order valence-electron chi connectivity index (χ2n) is 2.72. The number of carbonyl (C=O) groups excluding carboxylic acids is 4. The van der Waals surface area contributed by atoms with Gasteiger partial charge in [0.2, 0.25) is 0 Å². The largest absolute Gasteiger partial charge is 0.391 e. The molecule has 8 heteroatoms. The first-order chi connectivity index (χ1) is 7.25. The summed E-state index contributed by atoms with van der Waals surface area (Å²) in [7, 11) is 0. The van der Waals surface area contributed by atoms with E-state index >= 15 is 0 Å². The van der Waals surface area contributed by atoms with Gasteiger partial charge in [-0.2, -0.15) is 0 Å². The quantitative estimate of drug-likeness (QED) is 0.419. The van der Waals surface area contributed by atoms with Crippen LogP contribution in [0.1, 0.15) is 13.8 Å². The Bertz CT molecular complexity index is 288. The van der Waals surface area contributed by atoms with Crippen LogP contribution in [0.4, 0.5) is 0 Å². The maximum atomic E-state index is 10.8. The topological polar surface area (TPSA) is 127 Å². The molecule has 0 spiro atoms. The first-order valence-electron chi connectivity index (χ1n) is 4.06. The van der Waals surface area contributed by atoms with Gasteiger partial charge in [0.05, 0.1) is 0 Å². The van der Waals surface area contributed by atoms with Gasteiger partial charge in [-0.05, 0) is 0 Å². The number of aliphatic hydroxyl groups is 2. The van der Waals surface area contributed by atoms with Crippen molar-refractivity contribution >= 4 is 23.9 Å². The monoisotopic (exact) mass is 234 g/mol. The van der Waals surface area contributed by atoms with Gasteiger partial charge in [-0.15, -0.1) is 0 Å². The standard InChI is InChI=1S/C8H10O8/c1-3(9)15-7(13)5(11)6(12)8(14)16-4(2)10/h5-6,11-12H,1-2H3. The van der Waals surface area contributed by atoms with Crippen molar-refractivity contribution in [3.8, 4) is 0 Å². The molecule has 8 nitrogen and oxygen atoms in total. The third-order valence-electron chi connectivity index (χ3n) is 1.27. The van der Waals surface area contributed by atoms with Crippen molar-refractivity contribution in [2.24, 2.45) is 0 Å². The summed E-state index contributed by atoms with van der Waals surface area (Å²) in [5.41, 5.74) is 0. The molecule has 2 atom stereocenters. The normalized spacial score (nSPS) is 13.5. The first kappa shape index (κ1) is 14.2. The van der Waals surface area contributed by atoms with Gasteiger partial charge in [0, 0.05) is 13.8 Å². The average molecular weight is 234 g/mol. The summed E-state index contributed by atoms with van der Waals surface area (Å²) in [6, 6.07) is 0. The highest BCUT2D eigenvalue weighted by Crippen LogP contribution is 2.00. The van der Waals surface area contributed by atoms with Gasteiger partial charge in [0.25, 0.3) is 0 Å². The molecule has 0 amide bonds. The fourth-order valence-corrected chi connectivity index (χ4v) is 0.662. The molecule has 16 heavy (non-hydrogen) atoms. The zero-order valence-electron chi connectivity index (χ0n) is 8.50. The molecule has 0 aliphatic carbocycles. The molecule has 2 N–H and O–H groups in total. The molecule has 0 aromatic carbocycles. The van der Waals surface area contributed by atoms with Crippen LogP contribution in [0.2, 0.25) is 0 Å². The highest BCUT2D eigenvalue weighted by Gasteiger charge is 2.34. The van der Waals surface area contributed by atoms with Gasteiger partial charge in [0.1, 0.15) is 0 Å². The van der Waals surface area contributed by atoms with Gasteiger partial charge in [-0.1, -0.05) is 0 Å². The van der Waals surface area contributed by atoms with Crippen LogP contribution in [0.25, 0.3) is 0 Å². The number of esters is 4. The van der Waals surface area contributed by atoms with E-state index in [0.29, 0.717) is 0 Å². The molecule has 0 radical (unpaired) electrons. The Kier molecular flexibility index (Phi) is 5.26. The zero-order valence-corrected chi connectivity index (χ0v) is 8.50. The predicted molar refractivity (Wildman–Crippen MR) is 45.6 cm³/mol. The SMILES string of the molecule is CC(=O)OC(=O)C(O)C(O)C(=O)OC(C)=O. The number of ether oxygens (including phenoxy) is 2. The van der Waals surface area contributed by atoms with Crippen molar-refractivity contribution in [2.75, 3.05) is 0 Å². The fourth-order valence-electron chi connectivity index (χ4n) is 0.662. The molecular weight excluding hydrogens is 224 g/mol. The predicted octanol–water partition coefficient (Wildman–Crippen LogP) is -2.11. The van der Waals surface area contributed by atoms with E-state index in [1.54, 1.807) is 0 Å². The van der Waals surface area contributed by atoms with Crippen LogP contribution in [0.15, 0.2) is 0 Å². The summed E-state index contributed by atoms with van der Waals surface area (Å²) < 4.78 is 7.82. The zero-order chi connectivity index (χ0) is 12.9. The van der Waals surface area contributed by atoms with Crippen LogP contribution in [0.3, 0.4) is 0 Å². The lowest BCUT2D eigenvalue weighted by Gasteiger charge is -2.13. The summed E-state index contributed by atoms with van der Waals surface area (Å²) in [6.07, 6.45) is -4.59. The Balaban J connectivity index is 4.42. The van der Waals surface area contributed by atoms with E-state index in [4.69, 9.17) is 10.2 Å². The van der Waals surface area contributed by atoms with Crippen LogP contribution in [0, 0.1) is 0 Å². The van der Waals surface area contributed by atoms with Crippen LogP contribution in [-0.2, 0) is 28.7 Å². The van der Waals surface area contributed by atoms with Crippen molar-refractivity contribution in [3.05, 3.63) is 0 Å². The maximum absolute atomic E-state index is 10.8. The molecule has 0 aromatic rings. The minimum atomic E-state index is -2.30. The van der Waals surface area contributed by atoms with Crippen LogP contribution in [0.5, 0.6) is 0 Å². The molecule has 0 aromatic heterocycles. The van der Waals surface area contributed by atoms with E-state index in [2.05, 4.69) is 9.47 Å². The number of hydrogen-bond donors (Lipinski definition) is 2. The van der Waals surface area contributed by atoms with Crippen molar-refractivity contribution in [1.29, 1.82) is 0 Å². The minimum absolute atomic E-state index is 0.894. The Hall–Kier alpha value is -1.80. The summed E-state index contributed by atoms with van der Waals surface area (Å²) >= 11 is 0. The lowest BCUT2D eigenvalue weighted by molar-refractivity contribution is -0.179. The van der Waals surface area contributed by atoms with E-state index < -0.39 is 36.1 Å². The van der Waals surface area contributed by atoms with Crippen molar-refractivity contribution in [2.45, 2.75) is 26.1 Å². The third kappa shape index (κ3) is 4.62. The van der Waals surface area contributed by atoms with Gasteiger partial charge in [-0.3, -0.25) is 9.59 Å². The van der Waals surface area contributed by atoms with Gasteiger partial charge >= 0.3 is 23.9 Å². The fraction of sp³-hybridized carbons (Fsp3) is 0.500. The van der Waals surface area contributed by atoms with Crippen LogP contribution >= 0.6 is 0 Å². The molecule has 0 fully saturated rings. The van der Waals surface area contributed by atoms with Crippen molar-refractivity contribution < 1.29 is 38.9 Å². The average Bonchev–Trinajstić information content (AvgIpc) is 2.13. The minimum Gasteiger partial charge on any atom is -0.391 e. The number of aliphatic hydroxyl groups excluding tert-OH is 2. The molecule has 90 valence electrons. The van der Waals surface area contributed by atoms with Gasteiger partial charge < -0.3 is 19.7 Å². The summed E-state index contributed by atoms with van der Waals surface area (Å²) in [5.74, 6) is -5.06. The van der Waals surface area contributed by atoms with Gasteiger partial charge in [0.15, 0.2) is 12.2 Å². The van der Waals surface area contributed by atoms with Crippen LogP contribution in [-0.4, -0.2) is 46.3 Å². The second-order valence-corrected chi connectivity index (χ2v) is 2.72. The van der Waals surface area contributed by atoms with Crippen molar-refractivity contribution in [1.82, 2.24) is 0 Å². The molecule has 0 rings (SSSR count). The number of rotatable bonds is 3. The lowest BCUT2D eigenvalue weighted by atomic mass is 10.2. The van der Waals surface area contributed by atoms with E-state index in [1.807, 2.05) is 0 Å². The molecule has 0 aliphatic heterocycles.